The molecule has 33 heavy (non-hydrogen) atoms. The SMILES string of the molecule is CCCCOc1ccccc1[C@H]1C(C(=O)OC2CCCC2)=C(C)NC2=C1C(=O)CC(C)(C)C2. The molecule has 1 fully saturated rings. The number of para-hydroxylation sites is 1. The van der Waals surface area contributed by atoms with Gasteiger partial charge in [-0.15, -0.1) is 0 Å². The Labute approximate surface area is 197 Å². The van der Waals surface area contributed by atoms with E-state index in [0.29, 0.717) is 24.2 Å². The number of hydrogen-bond acceptors (Lipinski definition) is 5. The molecule has 178 valence electrons. The summed E-state index contributed by atoms with van der Waals surface area (Å²) in [6, 6.07) is 7.83. The Morgan fingerprint density at radius 1 is 1.15 bits per heavy atom. The zero-order valence-electron chi connectivity index (χ0n) is 20.5. The number of esters is 1. The van der Waals surface area contributed by atoms with Crippen molar-refractivity contribution >= 4 is 11.8 Å². The van der Waals surface area contributed by atoms with Gasteiger partial charge in [0.05, 0.1) is 18.1 Å². The van der Waals surface area contributed by atoms with Gasteiger partial charge in [-0.05, 0) is 56.9 Å². The molecule has 0 bridgehead atoms. The van der Waals surface area contributed by atoms with E-state index in [1.165, 1.54) is 0 Å². The summed E-state index contributed by atoms with van der Waals surface area (Å²) >= 11 is 0. The lowest BCUT2D eigenvalue weighted by Crippen LogP contribution is -2.39. The molecule has 0 aromatic heterocycles. The molecule has 0 amide bonds. The molecule has 1 atom stereocenters. The van der Waals surface area contributed by atoms with E-state index in [-0.39, 0.29) is 23.3 Å². The van der Waals surface area contributed by atoms with Gasteiger partial charge in [0.1, 0.15) is 11.9 Å². The molecule has 5 nitrogen and oxygen atoms in total. The van der Waals surface area contributed by atoms with Crippen LogP contribution in [0.15, 0.2) is 46.8 Å². The van der Waals surface area contributed by atoms with Crippen LogP contribution < -0.4 is 10.1 Å². The van der Waals surface area contributed by atoms with Crippen molar-refractivity contribution in [2.24, 2.45) is 5.41 Å². The summed E-state index contributed by atoms with van der Waals surface area (Å²) in [6.07, 6.45) is 7.19. The Balaban J connectivity index is 1.78. The van der Waals surface area contributed by atoms with E-state index >= 15 is 0 Å². The molecule has 2 aliphatic carbocycles. The first-order valence-electron chi connectivity index (χ1n) is 12.5. The van der Waals surface area contributed by atoms with Crippen molar-refractivity contribution < 1.29 is 19.1 Å². The summed E-state index contributed by atoms with van der Waals surface area (Å²) in [5.41, 5.74) is 3.70. The van der Waals surface area contributed by atoms with Crippen molar-refractivity contribution in [2.45, 2.75) is 91.1 Å². The molecular formula is C28H37NO4. The van der Waals surface area contributed by atoms with Crippen LogP contribution in [-0.4, -0.2) is 24.5 Å². The summed E-state index contributed by atoms with van der Waals surface area (Å²) < 4.78 is 12.1. The standard InChI is InChI=1S/C28H37NO4/c1-5-6-15-32-23-14-10-9-13-20(23)25-24(27(31)33-19-11-7-8-12-19)18(2)29-21-16-28(3,4)17-22(30)26(21)25/h9-10,13-14,19,25,29H,5-8,11-12,15-17H2,1-4H3/t25-/m0/s1. The van der Waals surface area contributed by atoms with Crippen molar-refractivity contribution in [1.29, 1.82) is 0 Å². The summed E-state index contributed by atoms with van der Waals surface area (Å²) in [5.74, 6) is 0.0445. The van der Waals surface area contributed by atoms with Crippen LogP contribution in [0.1, 0.15) is 90.5 Å². The molecule has 0 saturated heterocycles. The molecule has 5 heteroatoms. The minimum absolute atomic E-state index is 0.0362. The van der Waals surface area contributed by atoms with Crippen molar-refractivity contribution in [3.05, 3.63) is 52.4 Å². The van der Waals surface area contributed by atoms with Gasteiger partial charge in [-0.1, -0.05) is 45.4 Å². The highest BCUT2D eigenvalue weighted by Gasteiger charge is 2.44. The van der Waals surface area contributed by atoms with E-state index < -0.39 is 5.92 Å². The van der Waals surface area contributed by atoms with Crippen LogP contribution in [0.4, 0.5) is 0 Å². The average molecular weight is 452 g/mol. The third-order valence-corrected chi connectivity index (χ3v) is 7.02. The number of dihydropyridines is 1. The topological polar surface area (TPSA) is 64.6 Å². The molecule has 1 heterocycles. The van der Waals surface area contributed by atoms with E-state index in [2.05, 4.69) is 26.1 Å². The van der Waals surface area contributed by atoms with Gasteiger partial charge in [-0.3, -0.25) is 4.79 Å². The molecule has 1 N–H and O–H groups in total. The number of rotatable bonds is 7. The zero-order valence-corrected chi connectivity index (χ0v) is 20.5. The highest BCUT2D eigenvalue weighted by molar-refractivity contribution is 6.04. The van der Waals surface area contributed by atoms with Crippen LogP contribution in [0, 0.1) is 5.41 Å². The van der Waals surface area contributed by atoms with Gasteiger partial charge in [-0.2, -0.15) is 0 Å². The maximum absolute atomic E-state index is 13.5. The summed E-state index contributed by atoms with van der Waals surface area (Å²) in [6.45, 7) is 8.90. The second-order valence-corrected chi connectivity index (χ2v) is 10.5. The minimum Gasteiger partial charge on any atom is -0.493 e. The molecule has 1 aromatic rings. The van der Waals surface area contributed by atoms with E-state index in [4.69, 9.17) is 9.47 Å². The first-order chi connectivity index (χ1) is 15.8. The van der Waals surface area contributed by atoms with Gasteiger partial charge in [0.25, 0.3) is 0 Å². The number of carbonyl (C=O) groups excluding carboxylic acids is 2. The molecular weight excluding hydrogens is 414 g/mol. The van der Waals surface area contributed by atoms with E-state index in [1.54, 1.807) is 0 Å². The number of Topliss-reactive ketones (excluding diaryl/α,β-unsaturated/α-hetero) is 1. The number of unbranched alkanes of at least 4 members (excludes halogenated alkanes) is 1. The van der Waals surface area contributed by atoms with Gasteiger partial charge < -0.3 is 14.8 Å². The highest BCUT2D eigenvalue weighted by atomic mass is 16.5. The van der Waals surface area contributed by atoms with Crippen molar-refractivity contribution in [2.75, 3.05) is 6.61 Å². The van der Waals surface area contributed by atoms with Gasteiger partial charge in [0.2, 0.25) is 0 Å². The fraction of sp³-hybridized carbons (Fsp3) is 0.571. The predicted octanol–water partition coefficient (Wildman–Crippen LogP) is 5.96. The van der Waals surface area contributed by atoms with E-state index in [0.717, 1.165) is 67.7 Å². The number of ketones is 1. The molecule has 0 spiro atoms. The third-order valence-electron chi connectivity index (χ3n) is 7.02. The van der Waals surface area contributed by atoms with E-state index in [9.17, 15) is 9.59 Å². The second kappa shape index (κ2) is 9.74. The summed E-state index contributed by atoms with van der Waals surface area (Å²) in [5, 5.41) is 3.43. The largest absolute Gasteiger partial charge is 0.493 e. The van der Waals surface area contributed by atoms with Crippen LogP contribution in [-0.2, 0) is 14.3 Å². The first kappa shape index (κ1) is 23.6. The number of allylic oxidation sites excluding steroid dienone is 3. The normalized spacial score (nSPS) is 22.8. The molecule has 1 aromatic carbocycles. The number of hydrogen-bond donors (Lipinski definition) is 1. The number of nitrogens with one attached hydrogen (secondary N) is 1. The van der Waals surface area contributed by atoms with Gasteiger partial charge in [-0.25, -0.2) is 4.79 Å². The molecule has 0 radical (unpaired) electrons. The number of ether oxygens (including phenoxy) is 2. The fourth-order valence-electron chi connectivity index (χ4n) is 5.42. The lowest BCUT2D eigenvalue weighted by atomic mass is 9.68. The highest BCUT2D eigenvalue weighted by Crippen LogP contribution is 2.48. The number of benzene rings is 1. The Hall–Kier alpha value is -2.56. The van der Waals surface area contributed by atoms with Crippen LogP contribution in [0.25, 0.3) is 0 Å². The zero-order chi connectivity index (χ0) is 23.6. The van der Waals surface area contributed by atoms with Gasteiger partial charge in [0, 0.05) is 29.0 Å². The van der Waals surface area contributed by atoms with Crippen molar-refractivity contribution in [1.82, 2.24) is 5.32 Å². The van der Waals surface area contributed by atoms with Gasteiger partial charge in [0.15, 0.2) is 5.78 Å². The summed E-state index contributed by atoms with van der Waals surface area (Å²) in [4.78, 5) is 27.0. The maximum Gasteiger partial charge on any atom is 0.337 e. The number of carbonyl (C=O) groups is 2. The fourth-order valence-corrected chi connectivity index (χ4v) is 5.42. The van der Waals surface area contributed by atoms with Crippen LogP contribution >= 0.6 is 0 Å². The third kappa shape index (κ3) is 5.02. The molecule has 3 aliphatic rings. The average Bonchev–Trinajstić information content (AvgIpc) is 3.25. The lowest BCUT2D eigenvalue weighted by Gasteiger charge is -2.39. The molecule has 1 aliphatic heterocycles. The lowest BCUT2D eigenvalue weighted by molar-refractivity contribution is -0.144. The van der Waals surface area contributed by atoms with Crippen molar-refractivity contribution in [3.63, 3.8) is 0 Å². The van der Waals surface area contributed by atoms with Crippen LogP contribution in [0.2, 0.25) is 0 Å². The van der Waals surface area contributed by atoms with Crippen LogP contribution in [0.5, 0.6) is 5.75 Å². The minimum atomic E-state index is -0.475. The Bertz CT molecular complexity index is 981. The van der Waals surface area contributed by atoms with Gasteiger partial charge >= 0.3 is 5.97 Å². The smallest absolute Gasteiger partial charge is 0.337 e. The Morgan fingerprint density at radius 3 is 2.61 bits per heavy atom. The predicted molar refractivity (Wildman–Crippen MR) is 129 cm³/mol. The maximum atomic E-state index is 13.5. The Kier molecular flexibility index (Phi) is 6.96. The first-order valence-corrected chi connectivity index (χ1v) is 12.5. The second-order valence-electron chi connectivity index (χ2n) is 10.5. The Morgan fingerprint density at radius 2 is 1.88 bits per heavy atom. The van der Waals surface area contributed by atoms with Crippen molar-refractivity contribution in [3.8, 4) is 5.75 Å². The van der Waals surface area contributed by atoms with Crippen LogP contribution in [0.3, 0.4) is 0 Å². The summed E-state index contributed by atoms with van der Waals surface area (Å²) in [7, 11) is 0. The molecule has 0 unspecified atom stereocenters. The van der Waals surface area contributed by atoms with E-state index in [1.807, 2.05) is 31.2 Å². The monoisotopic (exact) mass is 451 g/mol. The molecule has 1 saturated carbocycles. The quantitative estimate of drug-likeness (QED) is 0.410. The molecule has 4 rings (SSSR count).